The minimum Gasteiger partial charge on any atom is -0.382 e. The number of carbonyl (C=O) groups excluding carboxylic acids is 2. The zero-order valence-corrected chi connectivity index (χ0v) is 18.7. The summed E-state index contributed by atoms with van der Waals surface area (Å²) in [6.07, 6.45) is 3.65. The number of amides is 2. The number of nitrogens with one attached hydrogen (secondary N) is 3. The molecule has 2 aromatic carbocycles. The van der Waals surface area contributed by atoms with Crippen molar-refractivity contribution in [2.24, 2.45) is 0 Å². The number of nitrogens with zero attached hydrogens (tertiary/aromatic N) is 2. The van der Waals surface area contributed by atoms with Crippen LogP contribution in [0.5, 0.6) is 0 Å². The van der Waals surface area contributed by atoms with E-state index in [4.69, 9.17) is 17.3 Å². The van der Waals surface area contributed by atoms with Crippen molar-refractivity contribution in [2.45, 2.75) is 25.3 Å². The number of hydrogen-bond donors (Lipinski definition) is 4. The number of nitrogens with two attached hydrogens (primary N) is 1. The van der Waals surface area contributed by atoms with Gasteiger partial charge in [0.15, 0.2) is 11.5 Å². The van der Waals surface area contributed by atoms with Crippen LogP contribution in [0, 0.1) is 0 Å². The molecule has 1 aliphatic rings. The van der Waals surface area contributed by atoms with Crippen molar-refractivity contribution in [3.05, 3.63) is 71.0 Å². The summed E-state index contributed by atoms with van der Waals surface area (Å²) in [6, 6.07) is 14.4. The Bertz CT molecular complexity index is 1150. The summed E-state index contributed by atoms with van der Waals surface area (Å²) >= 11 is 5.90. The first-order valence-corrected chi connectivity index (χ1v) is 11.1. The van der Waals surface area contributed by atoms with Crippen LogP contribution < -0.4 is 21.7 Å². The Labute approximate surface area is 197 Å². The van der Waals surface area contributed by atoms with E-state index in [1.54, 1.807) is 30.3 Å². The largest absolute Gasteiger partial charge is 0.382 e. The molecule has 0 spiro atoms. The quantitative estimate of drug-likeness (QED) is 0.444. The molecule has 0 aliphatic carbocycles. The molecule has 1 fully saturated rings. The topological polar surface area (TPSA) is 122 Å². The van der Waals surface area contributed by atoms with Gasteiger partial charge in [-0.15, -0.1) is 0 Å². The summed E-state index contributed by atoms with van der Waals surface area (Å²) in [7, 11) is 0. The van der Waals surface area contributed by atoms with Crippen molar-refractivity contribution in [1.82, 2.24) is 20.6 Å². The first-order valence-electron chi connectivity index (χ1n) is 10.8. The lowest BCUT2D eigenvalue weighted by atomic mass is 10.1. The van der Waals surface area contributed by atoms with Gasteiger partial charge >= 0.3 is 0 Å². The van der Waals surface area contributed by atoms with E-state index in [9.17, 15) is 9.59 Å². The van der Waals surface area contributed by atoms with Gasteiger partial charge in [-0.3, -0.25) is 9.59 Å². The fourth-order valence-corrected chi connectivity index (χ4v) is 3.81. The van der Waals surface area contributed by atoms with E-state index in [1.165, 1.54) is 6.20 Å². The van der Waals surface area contributed by atoms with Crippen LogP contribution in [-0.2, 0) is 11.2 Å². The molecule has 5 N–H and O–H groups in total. The van der Waals surface area contributed by atoms with Gasteiger partial charge in [-0.05, 0) is 49.2 Å². The van der Waals surface area contributed by atoms with E-state index in [2.05, 4.69) is 25.9 Å². The number of aromatic nitrogens is 2. The Balaban J connectivity index is 1.47. The third kappa shape index (κ3) is 6.06. The first kappa shape index (κ1) is 22.7. The molecule has 33 heavy (non-hydrogen) atoms. The Morgan fingerprint density at radius 2 is 2.00 bits per heavy atom. The Hall–Kier alpha value is -3.49. The lowest BCUT2D eigenvalue weighted by Gasteiger charge is -2.23. The third-order valence-electron chi connectivity index (χ3n) is 5.37. The number of nitrogen functional groups attached to an aromatic ring is 1. The van der Waals surface area contributed by atoms with Crippen LogP contribution in [0.2, 0.25) is 5.02 Å². The smallest absolute Gasteiger partial charge is 0.274 e. The molecule has 0 bridgehead atoms. The average Bonchev–Trinajstić information content (AvgIpc) is 2.81. The summed E-state index contributed by atoms with van der Waals surface area (Å²) in [4.78, 5) is 33.8. The molecule has 2 heterocycles. The fraction of sp³-hybridized carbons (Fsp3) is 0.250. The summed E-state index contributed by atoms with van der Waals surface area (Å²) in [5.74, 6) is -0.422. The predicted molar refractivity (Wildman–Crippen MR) is 129 cm³/mol. The van der Waals surface area contributed by atoms with Gasteiger partial charge in [0.1, 0.15) is 0 Å². The van der Waals surface area contributed by atoms with Crippen molar-refractivity contribution < 1.29 is 9.59 Å². The number of halogens is 1. The van der Waals surface area contributed by atoms with Gasteiger partial charge < -0.3 is 21.7 Å². The van der Waals surface area contributed by atoms with E-state index < -0.39 is 0 Å². The standard InChI is InChI=1S/C24H25ClN6O2/c25-17-8-6-15(7-9-17)11-21(32)29-18-4-1-3-16(12-18)20-14-28-23(26)22(31-20)24(33)30-19-5-2-10-27-13-19/h1,3-4,6-9,12,14,19,27H,2,5,10-11,13H2,(H2,26,28)(H,29,32)(H,30,33)/t19-/m0/s1. The molecule has 0 radical (unpaired) electrons. The van der Waals surface area contributed by atoms with Gasteiger partial charge in [0.05, 0.1) is 18.3 Å². The van der Waals surface area contributed by atoms with E-state index in [-0.39, 0.29) is 35.8 Å². The molecular formula is C24H25ClN6O2. The maximum atomic E-state index is 12.7. The van der Waals surface area contributed by atoms with E-state index in [0.717, 1.165) is 31.5 Å². The van der Waals surface area contributed by atoms with E-state index in [1.807, 2.05) is 18.2 Å². The number of anilines is 2. The predicted octanol–water partition coefficient (Wildman–Crippen LogP) is 3.04. The molecule has 1 aromatic heterocycles. The molecule has 1 atom stereocenters. The van der Waals surface area contributed by atoms with Gasteiger partial charge in [-0.2, -0.15) is 0 Å². The zero-order valence-electron chi connectivity index (χ0n) is 18.0. The molecule has 1 saturated heterocycles. The monoisotopic (exact) mass is 464 g/mol. The summed E-state index contributed by atoms with van der Waals surface area (Å²) in [5, 5.41) is 9.74. The summed E-state index contributed by atoms with van der Waals surface area (Å²) in [5.41, 5.74) is 8.71. The lowest BCUT2D eigenvalue weighted by molar-refractivity contribution is -0.115. The Kier molecular flexibility index (Phi) is 7.16. The Morgan fingerprint density at radius 1 is 1.18 bits per heavy atom. The van der Waals surface area contributed by atoms with E-state index in [0.29, 0.717) is 22.0 Å². The highest BCUT2D eigenvalue weighted by atomic mass is 35.5. The van der Waals surface area contributed by atoms with Gasteiger partial charge in [0.25, 0.3) is 5.91 Å². The molecule has 170 valence electrons. The van der Waals surface area contributed by atoms with Crippen molar-refractivity contribution in [3.8, 4) is 11.3 Å². The highest BCUT2D eigenvalue weighted by molar-refractivity contribution is 6.30. The third-order valence-corrected chi connectivity index (χ3v) is 5.62. The van der Waals surface area contributed by atoms with Crippen molar-refractivity contribution in [3.63, 3.8) is 0 Å². The zero-order chi connectivity index (χ0) is 23.2. The molecule has 3 aromatic rings. The molecule has 4 rings (SSSR count). The van der Waals surface area contributed by atoms with E-state index >= 15 is 0 Å². The van der Waals surface area contributed by atoms with Crippen LogP contribution >= 0.6 is 11.6 Å². The van der Waals surface area contributed by atoms with Gasteiger partial charge in [0.2, 0.25) is 5.91 Å². The van der Waals surface area contributed by atoms with Crippen LogP contribution in [0.4, 0.5) is 11.5 Å². The van der Waals surface area contributed by atoms with Crippen LogP contribution in [-0.4, -0.2) is 40.9 Å². The molecule has 2 amide bonds. The van der Waals surface area contributed by atoms with Crippen molar-refractivity contribution in [1.29, 1.82) is 0 Å². The normalized spacial score (nSPS) is 15.6. The SMILES string of the molecule is Nc1ncc(-c2cccc(NC(=O)Cc3ccc(Cl)cc3)c2)nc1C(=O)N[C@H]1CCCNC1. The van der Waals surface area contributed by atoms with Crippen LogP contribution in [0.25, 0.3) is 11.3 Å². The van der Waals surface area contributed by atoms with Crippen LogP contribution in [0.1, 0.15) is 28.9 Å². The van der Waals surface area contributed by atoms with Gasteiger partial charge in [-0.1, -0.05) is 35.9 Å². The number of hydrogen-bond acceptors (Lipinski definition) is 6. The molecule has 9 heteroatoms. The highest BCUT2D eigenvalue weighted by Crippen LogP contribution is 2.22. The number of rotatable bonds is 6. The maximum Gasteiger partial charge on any atom is 0.274 e. The molecule has 8 nitrogen and oxygen atoms in total. The van der Waals surface area contributed by atoms with Crippen LogP contribution in [0.3, 0.4) is 0 Å². The minimum atomic E-state index is -0.344. The lowest BCUT2D eigenvalue weighted by Crippen LogP contribution is -2.46. The second kappa shape index (κ2) is 10.4. The molecule has 1 aliphatic heterocycles. The number of piperidine rings is 1. The highest BCUT2D eigenvalue weighted by Gasteiger charge is 2.20. The van der Waals surface area contributed by atoms with Gasteiger partial charge in [-0.25, -0.2) is 9.97 Å². The number of benzene rings is 2. The second-order valence-electron chi connectivity index (χ2n) is 7.94. The maximum absolute atomic E-state index is 12.7. The van der Waals surface area contributed by atoms with Crippen LogP contribution in [0.15, 0.2) is 54.7 Å². The average molecular weight is 465 g/mol. The van der Waals surface area contributed by atoms with Crippen molar-refractivity contribution in [2.75, 3.05) is 24.1 Å². The second-order valence-corrected chi connectivity index (χ2v) is 8.37. The molecule has 0 unspecified atom stereocenters. The van der Waals surface area contributed by atoms with Crippen molar-refractivity contribution >= 4 is 34.9 Å². The Morgan fingerprint density at radius 3 is 2.76 bits per heavy atom. The molecule has 0 saturated carbocycles. The number of carbonyl (C=O) groups is 2. The fourth-order valence-electron chi connectivity index (χ4n) is 3.68. The summed E-state index contributed by atoms with van der Waals surface area (Å²) in [6.45, 7) is 1.67. The van der Waals surface area contributed by atoms with Gasteiger partial charge in [0, 0.05) is 28.9 Å². The summed E-state index contributed by atoms with van der Waals surface area (Å²) < 4.78 is 0. The molecular weight excluding hydrogens is 440 g/mol. The minimum absolute atomic E-state index is 0.0373. The first-order chi connectivity index (χ1) is 16.0.